The fourth-order valence-electron chi connectivity index (χ4n) is 2.90. The third-order valence-electron chi connectivity index (χ3n) is 4.11. The molecule has 2 aromatic carbocycles. The van der Waals surface area contributed by atoms with Crippen LogP contribution < -0.4 is 4.90 Å². The lowest BCUT2D eigenvalue weighted by atomic mass is 10.2. The van der Waals surface area contributed by atoms with Crippen molar-refractivity contribution in [2.75, 3.05) is 11.4 Å². The van der Waals surface area contributed by atoms with E-state index in [0.717, 1.165) is 26.9 Å². The van der Waals surface area contributed by atoms with E-state index >= 15 is 0 Å². The molecule has 0 radical (unpaired) electrons. The maximum absolute atomic E-state index is 12.3. The Kier molecular flexibility index (Phi) is 4.55. The van der Waals surface area contributed by atoms with E-state index < -0.39 is 0 Å². The van der Waals surface area contributed by atoms with Crippen LogP contribution in [0.15, 0.2) is 87.7 Å². The quantitative estimate of drug-likeness (QED) is 0.652. The average molecular weight is 364 g/mol. The average Bonchev–Trinajstić information content (AvgIpc) is 3.20. The SMILES string of the molecule is CCN1/C(=C\C=C2\SC(c3ccccc3)=CC2=O)Sc2ccccc21. The second kappa shape index (κ2) is 6.98. The van der Waals surface area contributed by atoms with Gasteiger partial charge in [0.05, 0.1) is 15.6 Å². The highest BCUT2D eigenvalue weighted by Crippen LogP contribution is 2.46. The van der Waals surface area contributed by atoms with Crippen molar-refractivity contribution in [2.45, 2.75) is 11.8 Å². The molecule has 0 amide bonds. The number of carbonyl (C=O) groups excluding carboxylic acids is 1. The minimum atomic E-state index is 0.0873. The molecule has 2 aliphatic heterocycles. The Morgan fingerprint density at radius 3 is 2.52 bits per heavy atom. The molecule has 0 N–H and O–H groups in total. The molecule has 2 heterocycles. The van der Waals surface area contributed by atoms with Crippen LogP contribution in [0, 0.1) is 0 Å². The molecule has 0 fully saturated rings. The van der Waals surface area contributed by atoms with Crippen molar-refractivity contribution in [3.05, 3.63) is 88.3 Å². The second-order valence-corrected chi connectivity index (χ2v) is 7.84. The number of rotatable bonds is 3. The van der Waals surface area contributed by atoms with Gasteiger partial charge in [0.2, 0.25) is 0 Å². The first kappa shape index (κ1) is 16.3. The summed E-state index contributed by atoms with van der Waals surface area (Å²) in [6.07, 6.45) is 5.75. The predicted octanol–water partition coefficient (Wildman–Crippen LogP) is 5.70. The standard InChI is InChI=1S/C21H17NOS2/c1-2-22-16-10-6-7-11-18(16)25-21(22)13-12-19-17(23)14-20(24-19)15-8-4-3-5-9-15/h3-14H,2H2,1H3/b19-12+,21-13+. The molecular weight excluding hydrogens is 346 g/mol. The lowest BCUT2D eigenvalue weighted by Crippen LogP contribution is -2.16. The number of benzene rings is 2. The molecule has 0 saturated heterocycles. The van der Waals surface area contributed by atoms with Crippen molar-refractivity contribution in [1.29, 1.82) is 0 Å². The number of para-hydroxylation sites is 1. The number of anilines is 1. The summed E-state index contributed by atoms with van der Waals surface area (Å²) >= 11 is 3.30. The normalized spacial score (nSPS) is 19.6. The van der Waals surface area contributed by atoms with E-state index in [2.05, 4.69) is 42.2 Å². The Morgan fingerprint density at radius 2 is 1.72 bits per heavy atom. The number of allylic oxidation sites excluding steroid dienone is 4. The number of hydrogen-bond acceptors (Lipinski definition) is 4. The highest BCUT2D eigenvalue weighted by Gasteiger charge is 2.24. The molecule has 0 spiro atoms. The van der Waals surface area contributed by atoms with Crippen LogP contribution in [0.2, 0.25) is 0 Å². The molecule has 0 aromatic heterocycles. The zero-order valence-electron chi connectivity index (χ0n) is 13.8. The summed E-state index contributed by atoms with van der Waals surface area (Å²) in [5.41, 5.74) is 2.34. The smallest absolute Gasteiger partial charge is 0.193 e. The summed E-state index contributed by atoms with van der Waals surface area (Å²) < 4.78 is 0. The molecule has 0 atom stereocenters. The van der Waals surface area contributed by atoms with E-state index in [9.17, 15) is 4.79 Å². The van der Waals surface area contributed by atoms with Crippen LogP contribution >= 0.6 is 23.5 Å². The van der Waals surface area contributed by atoms with Crippen molar-refractivity contribution in [3.63, 3.8) is 0 Å². The van der Waals surface area contributed by atoms with Crippen molar-refractivity contribution in [2.24, 2.45) is 0 Å². The van der Waals surface area contributed by atoms with Gasteiger partial charge in [-0.3, -0.25) is 4.79 Å². The lowest BCUT2D eigenvalue weighted by Gasteiger charge is -2.17. The zero-order valence-corrected chi connectivity index (χ0v) is 15.4. The third kappa shape index (κ3) is 3.20. The molecule has 2 nitrogen and oxygen atoms in total. The van der Waals surface area contributed by atoms with E-state index in [0.29, 0.717) is 0 Å². The van der Waals surface area contributed by atoms with Crippen molar-refractivity contribution in [1.82, 2.24) is 0 Å². The monoisotopic (exact) mass is 363 g/mol. The largest absolute Gasteiger partial charge is 0.335 e. The maximum Gasteiger partial charge on any atom is 0.193 e. The van der Waals surface area contributed by atoms with Crippen LogP contribution in [0.5, 0.6) is 0 Å². The number of ketones is 1. The summed E-state index contributed by atoms with van der Waals surface area (Å²) in [6.45, 7) is 3.06. The van der Waals surface area contributed by atoms with E-state index in [-0.39, 0.29) is 5.78 Å². The molecule has 25 heavy (non-hydrogen) atoms. The summed E-state index contributed by atoms with van der Waals surface area (Å²) in [6, 6.07) is 18.5. The first-order chi connectivity index (χ1) is 12.3. The number of hydrogen-bond donors (Lipinski definition) is 0. The van der Waals surface area contributed by atoms with Gasteiger partial charge in [0.1, 0.15) is 0 Å². The van der Waals surface area contributed by atoms with Crippen LogP contribution in [-0.2, 0) is 4.79 Å². The van der Waals surface area contributed by atoms with Crippen LogP contribution in [0.3, 0.4) is 0 Å². The Hall–Kier alpha value is -2.17. The first-order valence-electron chi connectivity index (χ1n) is 8.22. The molecule has 0 saturated carbocycles. The van der Waals surface area contributed by atoms with Gasteiger partial charge in [0.25, 0.3) is 0 Å². The van der Waals surface area contributed by atoms with Crippen molar-refractivity contribution in [3.8, 4) is 0 Å². The molecule has 0 unspecified atom stereocenters. The lowest BCUT2D eigenvalue weighted by molar-refractivity contribution is -0.110. The first-order valence-corrected chi connectivity index (χ1v) is 9.85. The van der Waals surface area contributed by atoms with Gasteiger partial charge in [0, 0.05) is 22.4 Å². The summed E-state index contributed by atoms with van der Waals surface area (Å²) in [5.74, 6) is 0.0873. The topological polar surface area (TPSA) is 20.3 Å². The summed E-state index contributed by atoms with van der Waals surface area (Å²) in [7, 11) is 0. The van der Waals surface area contributed by atoms with E-state index in [1.165, 1.54) is 10.6 Å². The van der Waals surface area contributed by atoms with Gasteiger partial charge in [-0.05, 0) is 36.8 Å². The molecule has 4 heteroatoms. The van der Waals surface area contributed by atoms with E-state index in [1.807, 2.05) is 36.4 Å². The van der Waals surface area contributed by atoms with E-state index in [4.69, 9.17) is 0 Å². The fraction of sp³-hybridized carbons (Fsp3) is 0.0952. The van der Waals surface area contributed by atoms with Crippen molar-refractivity contribution < 1.29 is 4.79 Å². The highest BCUT2D eigenvalue weighted by atomic mass is 32.2. The fourth-order valence-corrected chi connectivity index (χ4v) is 4.98. The molecule has 0 aliphatic carbocycles. The summed E-state index contributed by atoms with van der Waals surface area (Å²) in [4.78, 5) is 17.7. The molecule has 2 aliphatic rings. The molecule has 4 rings (SSSR count). The number of carbonyl (C=O) groups is 1. The minimum absolute atomic E-state index is 0.0873. The Balaban J connectivity index is 1.57. The number of thioether (sulfide) groups is 2. The minimum Gasteiger partial charge on any atom is -0.335 e. The van der Waals surface area contributed by atoms with Gasteiger partial charge in [-0.1, -0.05) is 66.0 Å². The van der Waals surface area contributed by atoms with Gasteiger partial charge in [-0.25, -0.2) is 0 Å². The third-order valence-corrected chi connectivity index (χ3v) is 6.37. The van der Waals surface area contributed by atoms with Gasteiger partial charge in [-0.15, -0.1) is 0 Å². The summed E-state index contributed by atoms with van der Waals surface area (Å²) in [5, 5.41) is 1.16. The molecular formula is C21H17NOS2. The van der Waals surface area contributed by atoms with Crippen LogP contribution in [-0.4, -0.2) is 12.3 Å². The van der Waals surface area contributed by atoms with Crippen molar-refractivity contribution >= 4 is 39.9 Å². The van der Waals surface area contributed by atoms with E-state index in [1.54, 1.807) is 29.6 Å². The van der Waals surface area contributed by atoms with Crippen LogP contribution in [0.1, 0.15) is 12.5 Å². The maximum atomic E-state index is 12.3. The predicted molar refractivity (Wildman–Crippen MR) is 109 cm³/mol. The Bertz CT molecular complexity index is 913. The molecule has 0 bridgehead atoms. The zero-order chi connectivity index (χ0) is 17.2. The molecule has 2 aromatic rings. The van der Waals surface area contributed by atoms with Gasteiger partial charge in [-0.2, -0.15) is 0 Å². The Morgan fingerprint density at radius 1 is 0.960 bits per heavy atom. The van der Waals surface area contributed by atoms with Gasteiger partial charge >= 0.3 is 0 Å². The van der Waals surface area contributed by atoms with Gasteiger partial charge < -0.3 is 4.90 Å². The van der Waals surface area contributed by atoms with Gasteiger partial charge in [0.15, 0.2) is 5.78 Å². The number of fused-ring (bicyclic) bond motifs is 1. The number of nitrogens with zero attached hydrogens (tertiary/aromatic N) is 1. The Labute approximate surface area is 156 Å². The highest BCUT2D eigenvalue weighted by molar-refractivity contribution is 8.13. The molecule has 124 valence electrons. The second-order valence-electron chi connectivity index (χ2n) is 5.69. The van der Waals surface area contributed by atoms with Crippen LogP contribution in [0.4, 0.5) is 5.69 Å². The van der Waals surface area contributed by atoms with Crippen LogP contribution in [0.25, 0.3) is 4.91 Å².